The molecule has 2 N–H and O–H groups in total. The lowest BCUT2D eigenvalue weighted by atomic mass is 9.93. The molecule has 0 saturated carbocycles. The van der Waals surface area contributed by atoms with Crippen LogP contribution in [0.5, 0.6) is 5.75 Å². The second kappa shape index (κ2) is 5.26. The van der Waals surface area contributed by atoms with Gasteiger partial charge >= 0.3 is 0 Å². The first-order chi connectivity index (χ1) is 9.61. The lowest BCUT2D eigenvalue weighted by molar-refractivity contribution is 0.0708. The number of nitrogens with zero attached hydrogens (tertiary/aromatic N) is 1. The molecule has 0 spiro atoms. The molecule has 0 aromatic heterocycles. The Morgan fingerprint density at radius 2 is 2.30 bits per heavy atom. The standard InChI is InChI=1S/C15H19ClN2O2/c1-2-13-12-7-17-6-9(12)8-18(13)15(20)11-5-10(16)3-4-14(11)19/h3-5,9,12-13,17,19H,2,6-8H2,1H3. The van der Waals surface area contributed by atoms with Crippen molar-refractivity contribution >= 4 is 17.5 Å². The summed E-state index contributed by atoms with van der Waals surface area (Å²) in [5.41, 5.74) is 0.309. The molecule has 4 nitrogen and oxygen atoms in total. The highest BCUT2D eigenvalue weighted by molar-refractivity contribution is 6.31. The van der Waals surface area contributed by atoms with Crippen LogP contribution in [0, 0.1) is 11.8 Å². The SMILES string of the molecule is CCC1C2CNCC2CN1C(=O)c1cc(Cl)ccc1O. The molecule has 1 amide bonds. The normalized spacial score (nSPS) is 28.7. The highest BCUT2D eigenvalue weighted by atomic mass is 35.5. The molecule has 3 atom stereocenters. The minimum Gasteiger partial charge on any atom is -0.507 e. The van der Waals surface area contributed by atoms with Crippen LogP contribution in [0.4, 0.5) is 0 Å². The van der Waals surface area contributed by atoms with Crippen molar-refractivity contribution < 1.29 is 9.90 Å². The number of hydrogen-bond acceptors (Lipinski definition) is 3. The summed E-state index contributed by atoms with van der Waals surface area (Å²) in [5, 5.41) is 13.8. The topological polar surface area (TPSA) is 52.6 Å². The third-order valence-electron chi connectivity index (χ3n) is 4.59. The number of amides is 1. The first-order valence-electron chi connectivity index (χ1n) is 7.12. The van der Waals surface area contributed by atoms with E-state index in [-0.39, 0.29) is 17.7 Å². The van der Waals surface area contributed by atoms with Crippen molar-refractivity contribution in [3.8, 4) is 5.75 Å². The predicted molar refractivity (Wildman–Crippen MR) is 78.1 cm³/mol. The zero-order valence-electron chi connectivity index (χ0n) is 11.5. The van der Waals surface area contributed by atoms with E-state index >= 15 is 0 Å². The molecular weight excluding hydrogens is 276 g/mol. The van der Waals surface area contributed by atoms with Gasteiger partial charge in [0.05, 0.1) is 5.56 Å². The van der Waals surface area contributed by atoms with Crippen molar-refractivity contribution in [3.05, 3.63) is 28.8 Å². The minimum absolute atomic E-state index is 0.00411. The Bertz CT molecular complexity index is 535. The van der Waals surface area contributed by atoms with Gasteiger partial charge in [-0.1, -0.05) is 18.5 Å². The second-order valence-electron chi connectivity index (χ2n) is 5.68. The molecule has 0 aliphatic carbocycles. The van der Waals surface area contributed by atoms with Crippen molar-refractivity contribution in [1.29, 1.82) is 0 Å². The number of benzene rings is 1. The summed E-state index contributed by atoms with van der Waals surface area (Å²) >= 11 is 5.94. The lowest BCUT2D eigenvalue weighted by Gasteiger charge is -2.27. The van der Waals surface area contributed by atoms with Gasteiger partial charge in [-0.25, -0.2) is 0 Å². The molecule has 3 unspecified atom stereocenters. The van der Waals surface area contributed by atoms with Crippen LogP contribution in [-0.4, -0.2) is 41.6 Å². The Morgan fingerprint density at radius 3 is 3.05 bits per heavy atom. The van der Waals surface area contributed by atoms with Crippen LogP contribution in [0.25, 0.3) is 0 Å². The summed E-state index contributed by atoms with van der Waals surface area (Å²) in [7, 11) is 0. The van der Waals surface area contributed by atoms with Crippen LogP contribution >= 0.6 is 11.6 Å². The fourth-order valence-electron chi connectivity index (χ4n) is 3.61. The maximum atomic E-state index is 12.7. The number of phenols is 1. The van der Waals surface area contributed by atoms with Crippen LogP contribution in [0.1, 0.15) is 23.7 Å². The number of fused-ring (bicyclic) bond motifs is 1. The smallest absolute Gasteiger partial charge is 0.257 e. The number of likely N-dealkylation sites (tertiary alicyclic amines) is 1. The summed E-state index contributed by atoms with van der Waals surface area (Å²) < 4.78 is 0. The first-order valence-corrected chi connectivity index (χ1v) is 7.49. The van der Waals surface area contributed by atoms with Gasteiger partial charge in [0.15, 0.2) is 0 Å². The van der Waals surface area contributed by atoms with Crippen molar-refractivity contribution in [3.63, 3.8) is 0 Å². The molecule has 1 aromatic rings. The Balaban J connectivity index is 1.88. The number of carbonyl (C=O) groups is 1. The summed E-state index contributed by atoms with van der Waals surface area (Å²) in [5.74, 6) is 0.964. The van der Waals surface area contributed by atoms with Crippen LogP contribution < -0.4 is 5.32 Å². The van der Waals surface area contributed by atoms with Crippen LogP contribution in [0.2, 0.25) is 5.02 Å². The molecule has 20 heavy (non-hydrogen) atoms. The van der Waals surface area contributed by atoms with Gasteiger partial charge in [-0.2, -0.15) is 0 Å². The quantitative estimate of drug-likeness (QED) is 0.878. The number of halogens is 1. The minimum atomic E-state index is -0.105. The van der Waals surface area contributed by atoms with Crippen molar-refractivity contribution in [1.82, 2.24) is 10.2 Å². The predicted octanol–water partition coefficient (Wildman–Crippen LogP) is 2.12. The van der Waals surface area contributed by atoms with E-state index in [1.165, 1.54) is 6.07 Å². The maximum absolute atomic E-state index is 12.7. The van der Waals surface area contributed by atoms with E-state index in [1.807, 2.05) is 4.90 Å². The van der Waals surface area contributed by atoms with Crippen LogP contribution in [-0.2, 0) is 0 Å². The number of rotatable bonds is 2. The largest absolute Gasteiger partial charge is 0.507 e. The molecule has 2 saturated heterocycles. The Hall–Kier alpha value is -1.26. The van der Waals surface area contributed by atoms with E-state index in [0.29, 0.717) is 22.4 Å². The van der Waals surface area contributed by atoms with Crippen molar-refractivity contribution in [2.75, 3.05) is 19.6 Å². The van der Waals surface area contributed by atoms with E-state index in [4.69, 9.17) is 11.6 Å². The van der Waals surface area contributed by atoms with Crippen LogP contribution in [0.15, 0.2) is 18.2 Å². The van der Waals surface area contributed by atoms with E-state index in [1.54, 1.807) is 12.1 Å². The third-order valence-corrected chi connectivity index (χ3v) is 4.82. The van der Waals surface area contributed by atoms with Gasteiger partial charge in [0.25, 0.3) is 5.91 Å². The fourth-order valence-corrected chi connectivity index (χ4v) is 3.79. The number of nitrogens with one attached hydrogen (secondary N) is 1. The number of aromatic hydroxyl groups is 1. The van der Waals surface area contributed by atoms with E-state index in [9.17, 15) is 9.90 Å². The first kappa shape index (κ1) is 13.7. The molecular formula is C15H19ClN2O2. The molecule has 0 radical (unpaired) electrons. The lowest BCUT2D eigenvalue weighted by Crippen LogP contribution is -2.39. The van der Waals surface area contributed by atoms with Crippen LogP contribution in [0.3, 0.4) is 0 Å². The van der Waals surface area contributed by atoms with Gasteiger partial charge < -0.3 is 15.3 Å². The molecule has 108 valence electrons. The number of carbonyl (C=O) groups excluding carboxylic acids is 1. The summed E-state index contributed by atoms with van der Waals surface area (Å²) in [4.78, 5) is 14.6. The second-order valence-corrected chi connectivity index (χ2v) is 6.11. The Labute approximate surface area is 123 Å². The molecule has 2 heterocycles. The summed E-state index contributed by atoms with van der Waals surface area (Å²) in [6.45, 7) is 4.84. The average Bonchev–Trinajstić information content (AvgIpc) is 3.00. The Kier molecular flexibility index (Phi) is 3.61. The highest BCUT2D eigenvalue weighted by Crippen LogP contribution is 2.36. The highest BCUT2D eigenvalue weighted by Gasteiger charge is 2.45. The zero-order chi connectivity index (χ0) is 14.3. The van der Waals surface area contributed by atoms with E-state index in [2.05, 4.69) is 12.2 Å². The Morgan fingerprint density at radius 1 is 1.50 bits per heavy atom. The van der Waals surface area contributed by atoms with Gasteiger partial charge in [0.2, 0.25) is 0 Å². The zero-order valence-corrected chi connectivity index (χ0v) is 12.2. The molecule has 3 rings (SSSR count). The number of phenolic OH excluding ortho intramolecular Hbond substituents is 1. The van der Waals surface area contributed by atoms with E-state index < -0.39 is 0 Å². The number of hydrogen-bond donors (Lipinski definition) is 2. The van der Waals surface area contributed by atoms with Gasteiger partial charge in [-0.3, -0.25) is 4.79 Å². The molecule has 1 aromatic carbocycles. The monoisotopic (exact) mass is 294 g/mol. The molecule has 2 aliphatic heterocycles. The van der Waals surface area contributed by atoms with Gasteiger partial charge in [0.1, 0.15) is 5.75 Å². The van der Waals surface area contributed by atoms with Gasteiger partial charge in [0, 0.05) is 30.7 Å². The summed E-state index contributed by atoms with van der Waals surface area (Å²) in [6, 6.07) is 4.88. The van der Waals surface area contributed by atoms with Crippen molar-refractivity contribution in [2.45, 2.75) is 19.4 Å². The molecule has 5 heteroatoms. The fraction of sp³-hybridized carbons (Fsp3) is 0.533. The molecule has 2 aliphatic rings. The third kappa shape index (κ3) is 2.17. The maximum Gasteiger partial charge on any atom is 0.257 e. The van der Waals surface area contributed by atoms with Gasteiger partial charge in [-0.05, 0) is 36.5 Å². The van der Waals surface area contributed by atoms with E-state index in [0.717, 1.165) is 26.1 Å². The van der Waals surface area contributed by atoms with Crippen molar-refractivity contribution in [2.24, 2.45) is 11.8 Å². The molecule has 2 fully saturated rings. The van der Waals surface area contributed by atoms with Gasteiger partial charge in [-0.15, -0.1) is 0 Å². The average molecular weight is 295 g/mol. The summed E-state index contributed by atoms with van der Waals surface area (Å²) in [6.07, 6.45) is 0.940. The molecule has 0 bridgehead atoms.